The maximum absolute atomic E-state index is 11.4. The summed E-state index contributed by atoms with van der Waals surface area (Å²) < 4.78 is 12.2. The molecule has 0 spiro atoms. The van der Waals surface area contributed by atoms with Crippen LogP contribution in [-0.4, -0.2) is 23.3 Å². The number of carboxylic acid groups (broad SMARTS) is 1. The number of benzene rings is 3. The normalized spacial score (nSPS) is 11.4. The third kappa shape index (κ3) is 3.25. The molecule has 0 aliphatic heterocycles. The van der Waals surface area contributed by atoms with Gasteiger partial charge in [-0.25, -0.2) is 4.79 Å². The molecule has 0 fully saturated rings. The maximum atomic E-state index is 11.4. The predicted molar refractivity (Wildman–Crippen MR) is 99.9 cm³/mol. The lowest BCUT2D eigenvalue weighted by molar-refractivity contribution is 0.0697. The van der Waals surface area contributed by atoms with Crippen molar-refractivity contribution >= 4 is 27.5 Å². The summed E-state index contributed by atoms with van der Waals surface area (Å²) in [6.07, 6.45) is -0.0282. The van der Waals surface area contributed by atoms with Gasteiger partial charge in [-0.1, -0.05) is 24.3 Å². The Balaban J connectivity index is 2.46. The zero-order chi connectivity index (χ0) is 18.1. The van der Waals surface area contributed by atoms with Crippen LogP contribution in [0, 0.1) is 0 Å². The molecule has 0 aliphatic rings. The average Bonchev–Trinajstić information content (AvgIpc) is 2.56. The van der Waals surface area contributed by atoms with Crippen LogP contribution in [0.4, 0.5) is 0 Å². The van der Waals surface area contributed by atoms with Crippen molar-refractivity contribution < 1.29 is 19.4 Å². The standard InChI is InChI=1S/C21H22O4/c1-12(2)24-19-15-7-5-6-8-16(15)20(25-13(3)4)18-11-14(21(22)23)9-10-17(18)19/h5-13H,1-4H3,(H,22,23). The monoisotopic (exact) mass is 338 g/mol. The molecule has 130 valence electrons. The minimum Gasteiger partial charge on any atom is -0.490 e. The van der Waals surface area contributed by atoms with Crippen LogP contribution in [0.5, 0.6) is 11.5 Å². The minimum atomic E-state index is -0.961. The van der Waals surface area contributed by atoms with Gasteiger partial charge >= 0.3 is 5.97 Å². The van der Waals surface area contributed by atoms with E-state index in [2.05, 4.69) is 0 Å². The summed E-state index contributed by atoms with van der Waals surface area (Å²) in [5.74, 6) is 0.491. The van der Waals surface area contributed by atoms with Crippen molar-refractivity contribution in [3.63, 3.8) is 0 Å². The highest BCUT2D eigenvalue weighted by molar-refractivity contribution is 6.12. The molecule has 0 aromatic heterocycles. The van der Waals surface area contributed by atoms with Crippen LogP contribution in [0.15, 0.2) is 42.5 Å². The van der Waals surface area contributed by atoms with Crippen LogP contribution in [0.1, 0.15) is 38.1 Å². The lowest BCUT2D eigenvalue weighted by Gasteiger charge is -2.20. The molecule has 1 N–H and O–H groups in total. The molecule has 0 amide bonds. The van der Waals surface area contributed by atoms with Crippen LogP contribution in [-0.2, 0) is 0 Å². The Morgan fingerprint density at radius 1 is 0.800 bits per heavy atom. The lowest BCUT2D eigenvalue weighted by atomic mass is 9.98. The van der Waals surface area contributed by atoms with Crippen LogP contribution in [0.25, 0.3) is 21.5 Å². The first-order chi connectivity index (χ1) is 11.9. The van der Waals surface area contributed by atoms with Gasteiger partial charge < -0.3 is 14.6 Å². The number of ether oxygens (including phenoxy) is 2. The molecule has 0 saturated heterocycles. The van der Waals surface area contributed by atoms with E-state index in [-0.39, 0.29) is 17.8 Å². The molecule has 0 unspecified atom stereocenters. The summed E-state index contributed by atoms with van der Waals surface area (Å²) in [6.45, 7) is 7.87. The highest BCUT2D eigenvalue weighted by atomic mass is 16.5. The van der Waals surface area contributed by atoms with Crippen LogP contribution >= 0.6 is 0 Å². The van der Waals surface area contributed by atoms with Gasteiger partial charge in [-0.05, 0) is 45.9 Å². The molecular formula is C21H22O4. The predicted octanol–water partition coefficient (Wildman–Crippen LogP) is 5.27. The number of carboxylic acids is 1. The molecular weight excluding hydrogens is 316 g/mol. The van der Waals surface area contributed by atoms with Gasteiger partial charge in [-0.15, -0.1) is 0 Å². The van der Waals surface area contributed by atoms with Gasteiger partial charge in [0.15, 0.2) is 0 Å². The number of rotatable bonds is 5. The smallest absolute Gasteiger partial charge is 0.335 e. The van der Waals surface area contributed by atoms with Crippen molar-refractivity contribution in [2.75, 3.05) is 0 Å². The zero-order valence-corrected chi connectivity index (χ0v) is 14.9. The molecule has 3 rings (SSSR count). The SMILES string of the molecule is CC(C)Oc1c2ccccc2c(OC(C)C)c2cc(C(=O)O)ccc12. The highest BCUT2D eigenvalue weighted by Gasteiger charge is 2.19. The molecule has 3 aromatic rings. The fourth-order valence-corrected chi connectivity index (χ4v) is 2.96. The summed E-state index contributed by atoms with van der Waals surface area (Å²) in [4.78, 5) is 11.4. The Kier molecular flexibility index (Phi) is 4.53. The number of carbonyl (C=O) groups is 1. The topological polar surface area (TPSA) is 55.8 Å². The highest BCUT2D eigenvalue weighted by Crippen LogP contribution is 2.43. The molecule has 0 bridgehead atoms. The molecule has 0 heterocycles. The quantitative estimate of drug-likeness (QED) is 0.644. The van der Waals surface area contributed by atoms with Crippen molar-refractivity contribution in [3.05, 3.63) is 48.0 Å². The van der Waals surface area contributed by atoms with Gasteiger partial charge in [0.05, 0.1) is 17.8 Å². The third-order valence-electron chi connectivity index (χ3n) is 3.88. The summed E-state index contributed by atoms with van der Waals surface area (Å²) >= 11 is 0. The van der Waals surface area contributed by atoms with Crippen LogP contribution in [0.3, 0.4) is 0 Å². The first-order valence-electron chi connectivity index (χ1n) is 8.43. The van der Waals surface area contributed by atoms with Gasteiger partial charge in [-0.3, -0.25) is 0 Å². The van der Waals surface area contributed by atoms with Gasteiger partial charge in [-0.2, -0.15) is 0 Å². The second-order valence-electron chi connectivity index (χ2n) is 6.60. The Labute approximate surface area is 147 Å². The molecule has 0 saturated carbocycles. The number of hydrogen-bond acceptors (Lipinski definition) is 3. The minimum absolute atomic E-state index is 0.00243. The second-order valence-corrected chi connectivity index (χ2v) is 6.60. The lowest BCUT2D eigenvalue weighted by Crippen LogP contribution is -2.09. The third-order valence-corrected chi connectivity index (χ3v) is 3.88. The summed E-state index contributed by atoms with van der Waals surface area (Å²) in [5.41, 5.74) is 0.229. The van der Waals surface area contributed by atoms with Gasteiger partial charge in [0.25, 0.3) is 0 Å². The molecule has 25 heavy (non-hydrogen) atoms. The van der Waals surface area contributed by atoms with Crippen molar-refractivity contribution in [1.82, 2.24) is 0 Å². The fraction of sp³-hybridized carbons (Fsp3) is 0.286. The van der Waals surface area contributed by atoms with Gasteiger partial charge in [0.1, 0.15) is 11.5 Å². The van der Waals surface area contributed by atoms with E-state index in [0.29, 0.717) is 5.75 Å². The van der Waals surface area contributed by atoms with Crippen molar-refractivity contribution in [2.24, 2.45) is 0 Å². The van der Waals surface area contributed by atoms with E-state index in [9.17, 15) is 9.90 Å². The average molecular weight is 338 g/mol. The summed E-state index contributed by atoms with van der Waals surface area (Å²) in [5, 5.41) is 12.9. The summed E-state index contributed by atoms with van der Waals surface area (Å²) in [6, 6.07) is 13.0. The summed E-state index contributed by atoms with van der Waals surface area (Å²) in [7, 11) is 0. The van der Waals surface area contributed by atoms with Crippen molar-refractivity contribution in [3.8, 4) is 11.5 Å². The number of aromatic carboxylic acids is 1. The van der Waals surface area contributed by atoms with E-state index >= 15 is 0 Å². The first-order valence-corrected chi connectivity index (χ1v) is 8.43. The second kappa shape index (κ2) is 6.63. The molecule has 0 aliphatic carbocycles. The van der Waals surface area contributed by atoms with E-state index in [1.54, 1.807) is 18.2 Å². The van der Waals surface area contributed by atoms with E-state index in [4.69, 9.17) is 9.47 Å². The van der Waals surface area contributed by atoms with E-state index in [1.165, 1.54) is 0 Å². The number of hydrogen-bond donors (Lipinski definition) is 1. The first kappa shape index (κ1) is 17.1. The fourth-order valence-electron chi connectivity index (χ4n) is 2.96. The van der Waals surface area contributed by atoms with Crippen LogP contribution < -0.4 is 9.47 Å². The maximum Gasteiger partial charge on any atom is 0.335 e. The van der Waals surface area contributed by atoms with E-state index < -0.39 is 5.97 Å². The Morgan fingerprint density at radius 3 is 1.76 bits per heavy atom. The Bertz CT molecular complexity index is 941. The van der Waals surface area contributed by atoms with Gasteiger partial charge in [0, 0.05) is 21.5 Å². The van der Waals surface area contributed by atoms with Crippen molar-refractivity contribution in [2.45, 2.75) is 39.9 Å². The molecule has 4 heteroatoms. The van der Waals surface area contributed by atoms with Crippen molar-refractivity contribution in [1.29, 1.82) is 0 Å². The largest absolute Gasteiger partial charge is 0.490 e. The Hall–Kier alpha value is -2.75. The van der Waals surface area contributed by atoms with E-state index in [1.807, 2.05) is 52.0 Å². The molecule has 4 nitrogen and oxygen atoms in total. The Morgan fingerprint density at radius 2 is 1.28 bits per heavy atom. The zero-order valence-electron chi connectivity index (χ0n) is 14.9. The van der Waals surface area contributed by atoms with Crippen LogP contribution in [0.2, 0.25) is 0 Å². The van der Waals surface area contributed by atoms with E-state index in [0.717, 1.165) is 27.3 Å². The molecule has 3 aromatic carbocycles. The van der Waals surface area contributed by atoms with Gasteiger partial charge in [0.2, 0.25) is 0 Å². The number of fused-ring (bicyclic) bond motifs is 2. The molecule has 0 atom stereocenters. The molecule has 0 radical (unpaired) electrons.